The Bertz CT molecular complexity index is 1120. The van der Waals surface area contributed by atoms with Crippen molar-refractivity contribution in [1.29, 1.82) is 0 Å². The fraction of sp³-hybridized carbons (Fsp3) is 0.609. The fourth-order valence-electron chi connectivity index (χ4n) is 4.40. The topological polar surface area (TPSA) is 111 Å². The first kappa shape index (κ1) is 25.2. The van der Waals surface area contributed by atoms with E-state index in [0.717, 1.165) is 31.2 Å². The van der Waals surface area contributed by atoms with E-state index in [1.165, 1.54) is 7.11 Å². The number of fused-ring (bicyclic) bond motifs is 1. The van der Waals surface area contributed by atoms with Gasteiger partial charge in [-0.25, -0.2) is 18.2 Å². The average molecular weight is 479 g/mol. The molecule has 1 amide bonds. The number of carbonyl (C=O) groups is 2. The van der Waals surface area contributed by atoms with Gasteiger partial charge in [-0.3, -0.25) is 4.79 Å². The van der Waals surface area contributed by atoms with Gasteiger partial charge >= 0.3 is 5.97 Å². The van der Waals surface area contributed by atoms with E-state index in [4.69, 9.17) is 4.74 Å². The molecule has 2 aromatic rings. The van der Waals surface area contributed by atoms with Gasteiger partial charge in [0, 0.05) is 33.0 Å². The van der Waals surface area contributed by atoms with Crippen molar-refractivity contribution in [3.8, 4) is 0 Å². The lowest BCUT2D eigenvalue weighted by atomic mass is 9.96. The Morgan fingerprint density at radius 1 is 1.21 bits per heavy atom. The minimum atomic E-state index is -3.54. The van der Waals surface area contributed by atoms with Crippen LogP contribution in [0.5, 0.6) is 0 Å². The minimum Gasteiger partial charge on any atom is -0.467 e. The number of imidazole rings is 1. The lowest BCUT2D eigenvalue weighted by Gasteiger charge is -2.27. The van der Waals surface area contributed by atoms with E-state index >= 15 is 0 Å². The minimum absolute atomic E-state index is 0.145. The Labute approximate surface area is 195 Å². The molecule has 1 aliphatic heterocycles. The highest BCUT2D eigenvalue weighted by Crippen LogP contribution is 2.25. The van der Waals surface area contributed by atoms with Crippen molar-refractivity contribution in [3.63, 3.8) is 0 Å². The standard InChI is InChI=1S/C23H34N4O5S/c1-5-13-23(2,22(29)32-4)25-21(28)12-11-20-24-18-16-17(9-10-19(18)26(20)3)33(30,31)27-14-7-6-8-15-27/h9-10,16H,5-8,11-15H2,1-4H3,(H,25,28). The second-order valence-corrected chi connectivity index (χ2v) is 10.8. The van der Waals surface area contributed by atoms with Crippen molar-refractivity contribution < 1.29 is 22.7 Å². The van der Waals surface area contributed by atoms with E-state index in [9.17, 15) is 18.0 Å². The molecule has 1 aromatic carbocycles. The van der Waals surface area contributed by atoms with E-state index in [2.05, 4.69) is 10.3 Å². The van der Waals surface area contributed by atoms with Gasteiger partial charge in [-0.1, -0.05) is 19.8 Å². The number of sulfonamides is 1. The van der Waals surface area contributed by atoms with Crippen LogP contribution in [-0.4, -0.2) is 59.9 Å². The Kier molecular flexibility index (Phi) is 7.79. The number of carbonyl (C=O) groups excluding carboxylic acids is 2. The quantitative estimate of drug-likeness (QED) is 0.555. The molecule has 1 unspecified atom stereocenters. The number of piperidine rings is 1. The number of hydrogen-bond acceptors (Lipinski definition) is 6. The summed E-state index contributed by atoms with van der Waals surface area (Å²) in [6.45, 7) is 4.70. The van der Waals surface area contributed by atoms with Crippen LogP contribution >= 0.6 is 0 Å². The number of amides is 1. The predicted molar refractivity (Wildman–Crippen MR) is 125 cm³/mol. The molecule has 10 heteroatoms. The number of esters is 1. The third kappa shape index (κ3) is 5.38. The van der Waals surface area contributed by atoms with Crippen LogP contribution in [0.4, 0.5) is 0 Å². The highest BCUT2D eigenvalue weighted by Gasteiger charge is 2.35. The molecule has 33 heavy (non-hydrogen) atoms. The maximum atomic E-state index is 13.0. The van der Waals surface area contributed by atoms with E-state index in [0.29, 0.717) is 37.3 Å². The van der Waals surface area contributed by atoms with Crippen LogP contribution in [0.15, 0.2) is 23.1 Å². The lowest BCUT2D eigenvalue weighted by molar-refractivity contribution is -0.150. The number of hydrogen-bond donors (Lipinski definition) is 1. The number of nitrogens with one attached hydrogen (secondary N) is 1. The monoisotopic (exact) mass is 478 g/mol. The highest BCUT2D eigenvalue weighted by atomic mass is 32.2. The first-order chi connectivity index (χ1) is 15.6. The maximum absolute atomic E-state index is 13.0. The summed E-state index contributed by atoms with van der Waals surface area (Å²) in [6.07, 6.45) is 4.51. The smallest absolute Gasteiger partial charge is 0.331 e. The highest BCUT2D eigenvalue weighted by molar-refractivity contribution is 7.89. The molecule has 0 radical (unpaired) electrons. The molecule has 9 nitrogen and oxygen atoms in total. The van der Waals surface area contributed by atoms with Crippen molar-refractivity contribution in [2.24, 2.45) is 7.05 Å². The molecule has 182 valence electrons. The van der Waals surface area contributed by atoms with Crippen LogP contribution in [-0.2, 0) is 37.8 Å². The molecule has 1 aliphatic rings. The molecule has 3 rings (SSSR count). The van der Waals surface area contributed by atoms with Crippen LogP contribution < -0.4 is 5.32 Å². The largest absolute Gasteiger partial charge is 0.467 e. The van der Waals surface area contributed by atoms with Crippen LogP contribution in [0, 0.1) is 0 Å². The number of nitrogens with zero attached hydrogens (tertiary/aromatic N) is 3. The third-order valence-corrected chi connectivity index (χ3v) is 8.17. The van der Waals surface area contributed by atoms with Crippen LogP contribution in [0.3, 0.4) is 0 Å². The van der Waals surface area contributed by atoms with Gasteiger partial charge in [0.05, 0.1) is 23.0 Å². The van der Waals surface area contributed by atoms with Gasteiger partial charge in [0.15, 0.2) is 0 Å². The molecule has 1 fully saturated rings. The van der Waals surface area contributed by atoms with Crippen LogP contribution in [0.1, 0.15) is 58.2 Å². The lowest BCUT2D eigenvalue weighted by Crippen LogP contribution is -2.52. The van der Waals surface area contributed by atoms with Gasteiger partial charge in [0.2, 0.25) is 15.9 Å². The van der Waals surface area contributed by atoms with E-state index in [-0.39, 0.29) is 17.2 Å². The summed E-state index contributed by atoms with van der Waals surface area (Å²) in [5.41, 5.74) is 0.315. The van der Waals surface area contributed by atoms with Gasteiger partial charge in [-0.15, -0.1) is 0 Å². The molecular weight excluding hydrogens is 444 g/mol. The van der Waals surface area contributed by atoms with Crippen molar-refractivity contribution in [2.45, 2.75) is 69.2 Å². The Morgan fingerprint density at radius 2 is 1.91 bits per heavy atom. The normalized spacial score (nSPS) is 17.0. The van der Waals surface area contributed by atoms with Crippen LogP contribution in [0.25, 0.3) is 11.0 Å². The van der Waals surface area contributed by atoms with E-state index < -0.39 is 21.5 Å². The summed E-state index contributed by atoms with van der Waals surface area (Å²) >= 11 is 0. The van der Waals surface area contributed by atoms with Crippen molar-refractivity contribution in [3.05, 3.63) is 24.0 Å². The zero-order valence-electron chi connectivity index (χ0n) is 19.9. The Hall–Kier alpha value is -2.46. The Morgan fingerprint density at radius 3 is 2.55 bits per heavy atom. The summed E-state index contributed by atoms with van der Waals surface area (Å²) in [6, 6.07) is 4.99. The third-order valence-electron chi connectivity index (χ3n) is 6.27. The number of aromatic nitrogens is 2. The van der Waals surface area contributed by atoms with Gasteiger partial charge in [-0.05, 0) is 44.4 Å². The van der Waals surface area contributed by atoms with Gasteiger partial charge in [-0.2, -0.15) is 4.31 Å². The molecule has 0 spiro atoms. The summed E-state index contributed by atoms with van der Waals surface area (Å²) < 4.78 is 34.3. The summed E-state index contributed by atoms with van der Waals surface area (Å²) in [4.78, 5) is 29.5. The van der Waals surface area contributed by atoms with Crippen LogP contribution in [0.2, 0.25) is 0 Å². The number of ether oxygens (including phenoxy) is 1. The molecule has 0 aliphatic carbocycles. The summed E-state index contributed by atoms with van der Waals surface area (Å²) in [7, 11) is -0.392. The van der Waals surface area contributed by atoms with Gasteiger partial charge in [0.25, 0.3) is 0 Å². The van der Waals surface area contributed by atoms with Crippen molar-refractivity contribution in [1.82, 2.24) is 19.2 Å². The number of benzene rings is 1. The molecule has 0 bridgehead atoms. The summed E-state index contributed by atoms with van der Waals surface area (Å²) in [5.74, 6) is -0.0671. The van der Waals surface area contributed by atoms with Gasteiger partial charge in [0.1, 0.15) is 11.4 Å². The molecular formula is C23H34N4O5S. The second kappa shape index (κ2) is 10.2. The van der Waals surface area contributed by atoms with E-state index in [1.807, 2.05) is 18.5 Å². The predicted octanol–water partition coefficient (Wildman–Crippen LogP) is 2.53. The number of rotatable bonds is 9. The average Bonchev–Trinajstić information content (AvgIpc) is 3.12. The molecule has 1 N–H and O–H groups in total. The second-order valence-electron chi connectivity index (χ2n) is 8.82. The molecule has 1 aromatic heterocycles. The maximum Gasteiger partial charge on any atom is 0.331 e. The zero-order chi connectivity index (χ0) is 24.2. The first-order valence-electron chi connectivity index (χ1n) is 11.5. The number of methoxy groups -OCH3 is 1. The van der Waals surface area contributed by atoms with Crippen molar-refractivity contribution >= 4 is 32.9 Å². The molecule has 0 saturated carbocycles. The van der Waals surface area contributed by atoms with E-state index in [1.54, 1.807) is 29.4 Å². The Balaban J connectivity index is 1.74. The summed E-state index contributed by atoms with van der Waals surface area (Å²) in [5, 5.41) is 2.80. The SMILES string of the molecule is CCCC(C)(NC(=O)CCc1nc2cc(S(=O)(=O)N3CCCCC3)ccc2n1C)C(=O)OC. The molecule has 2 heterocycles. The molecule has 1 atom stereocenters. The van der Waals surface area contributed by atoms with Gasteiger partial charge < -0.3 is 14.6 Å². The number of aryl methyl sites for hydroxylation is 2. The molecule has 1 saturated heterocycles. The van der Waals surface area contributed by atoms with Crippen molar-refractivity contribution in [2.75, 3.05) is 20.2 Å². The first-order valence-corrected chi connectivity index (χ1v) is 12.9. The fourth-order valence-corrected chi connectivity index (χ4v) is 5.94. The zero-order valence-corrected chi connectivity index (χ0v) is 20.7.